The SMILES string of the molecule is CCCNc1cc(C)ccc1C(=O)NCc1ccncn1. The van der Waals surface area contributed by atoms with Crippen molar-refractivity contribution in [1.29, 1.82) is 0 Å². The van der Waals surface area contributed by atoms with Crippen LogP contribution in [0.5, 0.6) is 0 Å². The van der Waals surface area contributed by atoms with Gasteiger partial charge in [0.2, 0.25) is 0 Å². The normalized spacial score (nSPS) is 10.2. The summed E-state index contributed by atoms with van der Waals surface area (Å²) in [6.45, 7) is 5.34. The molecule has 1 heterocycles. The molecule has 1 amide bonds. The number of benzene rings is 1. The van der Waals surface area contributed by atoms with Crippen molar-refractivity contribution in [2.75, 3.05) is 11.9 Å². The Hall–Kier alpha value is -2.43. The second-order valence-electron chi connectivity index (χ2n) is 4.86. The van der Waals surface area contributed by atoms with Crippen LogP contribution in [0, 0.1) is 6.92 Å². The van der Waals surface area contributed by atoms with Crippen LogP contribution in [-0.2, 0) is 6.54 Å². The summed E-state index contributed by atoms with van der Waals surface area (Å²) in [4.78, 5) is 20.3. The van der Waals surface area contributed by atoms with E-state index in [4.69, 9.17) is 0 Å². The van der Waals surface area contributed by atoms with E-state index in [-0.39, 0.29) is 5.91 Å². The van der Waals surface area contributed by atoms with E-state index in [2.05, 4.69) is 27.5 Å². The third kappa shape index (κ3) is 4.27. The fourth-order valence-electron chi connectivity index (χ4n) is 1.95. The molecule has 2 N–H and O–H groups in total. The maximum absolute atomic E-state index is 12.3. The molecule has 0 aliphatic carbocycles. The lowest BCUT2D eigenvalue weighted by atomic mass is 10.1. The first-order valence-electron chi connectivity index (χ1n) is 7.08. The van der Waals surface area contributed by atoms with E-state index in [1.165, 1.54) is 6.33 Å². The van der Waals surface area contributed by atoms with Crippen LogP contribution in [0.3, 0.4) is 0 Å². The second-order valence-corrected chi connectivity index (χ2v) is 4.86. The van der Waals surface area contributed by atoms with Crippen molar-refractivity contribution in [2.24, 2.45) is 0 Å². The highest BCUT2D eigenvalue weighted by Crippen LogP contribution is 2.17. The van der Waals surface area contributed by atoms with E-state index in [9.17, 15) is 4.79 Å². The van der Waals surface area contributed by atoms with Gasteiger partial charge < -0.3 is 10.6 Å². The molecular formula is C16H20N4O. The number of aromatic nitrogens is 2. The van der Waals surface area contributed by atoms with Crippen LogP contribution < -0.4 is 10.6 Å². The molecule has 0 saturated carbocycles. The van der Waals surface area contributed by atoms with Gasteiger partial charge in [-0.05, 0) is 37.1 Å². The minimum Gasteiger partial charge on any atom is -0.384 e. The summed E-state index contributed by atoms with van der Waals surface area (Å²) in [5.41, 5.74) is 3.44. The van der Waals surface area contributed by atoms with Gasteiger partial charge in [0.1, 0.15) is 6.33 Å². The lowest BCUT2D eigenvalue weighted by Gasteiger charge is -2.12. The van der Waals surface area contributed by atoms with Crippen molar-refractivity contribution in [1.82, 2.24) is 15.3 Å². The summed E-state index contributed by atoms with van der Waals surface area (Å²) < 4.78 is 0. The number of anilines is 1. The summed E-state index contributed by atoms with van der Waals surface area (Å²) in [6.07, 6.45) is 4.14. The van der Waals surface area contributed by atoms with Crippen LogP contribution in [-0.4, -0.2) is 22.4 Å². The summed E-state index contributed by atoms with van der Waals surface area (Å²) >= 11 is 0. The van der Waals surface area contributed by atoms with Gasteiger partial charge in [-0.3, -0.25) is 4.79 Å². The van der Waals surface area contributed by atoms with Crippen LogP contribution in [0.15, 0.2) is 36.8 Å². The fourth-order valence-corrected chi connectivity index (χ4v) is 1.95. The van der Waals surface area contributed by atoms with Crippen molar-refractivity contribution in [3.05, 3.63) is 53.6 Å². The molecule has 5 nitrogen and oxygen atoms in total. The standard InChI is InChI=1S/C16H20N4O/c1-3-7-18-15-9-12(2)4-5-14(15)16(21)19-10-13-6-8-17-11-20-13/h4-6,8-9,11,18H,3,7,10H2,1-2H3,(H,19,21). The summed E-state index contributed by atoms with van der Waals surface area (Å²) in [7, 11) is 0. The Morgan fingerprint density at radius 3 is 2.86 bits per heavy atom. The van der Waals surface area contributed by atoms with E-state index in [1.807, 2.05) is 25.1 Å². The number of hydrogen-bond donors (Lipinski definition) is 2. The van der Waals surface area contributed by atoms with Gasteiger partial charge in [-0.2, -0.15) is 0 Å². The Morgan fingerprint density at radius 1 is 1.29 bits per heavy atom. The van der Waals surface area contributed by atoms with Crippen molar-refractivity contribution >= 4 is 11.6 Å². The molecule has 0 unspecified atom stereocenters. The van der Waals surface area contributed by atoms with Crippen LogP contribution in [0.25, 0.3) is 0 Å². The van der Waals surface area contributed by atoms with Crippen LogP contribution >= 0.6 is 0 Å². The molecule has 1 aromatic carbocycles. The molecule has 0 spiro atoms. The van der Waals surface area contributed by atoms with Gasteiger partial charge in [-0.1, -0.05) is 13.0 Å². The maximum atomic E-state index is 12.3. The van der Waals surface area contributed by atoms with E-state index >= 15 is 0 Å². The quantitative estimate of drug-likeness (QED) is 0.855. The lowest BCUT2D eigenvalue weighted by Crippen LogP contribution is -2.24. The smallest absolute Gasteiger partial charge is 0.253 e. The zero-order valence-electron chi connectivity index (χ0n) is 12.4. The number of nitrogens with one attached hydrogen (secondary N) is 2. The van der Waals surface area contributed by atoms with Gasteiger partial charge in [0.15, 0.2) is 0 Å². The van der Waals surface area contributed by atoms with Gasteiger partial charge in [0.25, 0.3) is 5.91 Å². The monoisotopic (exact) mass is 284 g/mol. The molecule has 0 aliphatic heterocycles. The molecule has 5 heteroatoms. The zero-order valence-corrected chi connectivity index (χ0v) is 12.4. The zero-order chi connectivity index (χ0) is 15.1. The van der Waals surface area contributed by atoms with Crippen molar-refractivity contribution in [3.8, 4) is 0 Å². The molecule has 21 heavy (non-hydrogen) atoms. The van der Waals surface area contributed by atoms with Crippen LogP contribution in [0.2, 0.25) is 0 Å². The molecule has 0 saturated heterocycles. The molecule has 0 aliphatic rings. The van der Waals surface area contributed by atoms with Gasteiger partial charge in [0, 0.05) is 18.4 Å². The lowest BCUT2D eigenvalue weighted by molar-refractivity contribution is 0.0951. The molecule has 0 fully saturated rings. The fraction of sp³-hybridized carbons (Fsp3) is 0.312. The number of carbonyl (C=O) groups excluding carboxylic acids is 1. The van der Waals surface area contributed by atoms with Gasteiger partial charge in [-0.25, -0.2) is 9.97 Å². The second kappa shape index (κ2) is 7.38. The van der Waals surface area contributed by atoms with E-state index in [1.54, 1.807) is 12.3 Å². The topological polar surface area (TPSA) is 66.9 Å². The van der Waals surface area contributed by atoms with Gasteiger partial charge >= 0.3 is 0 Å². The van der Waals surface area contributed by atoms with Crippen molar-refractivity contribution in [2.45, 2.75) is 26.8 Å². The molecule has 2 aromatic rings. The molecular weight excluding hydrogens is 264 g/mol. The third-order valence-electron chi connectivity index (χ3n) is 3.06. The number of aryl methyl sites for hydroxylation is 1. The minimum atomic E-state index is -0.104. The average Bonchev–Trinajstić information content (AvgIpc) is 2.51. The first-order valence-corrected chi connectivity index (χ1v) is 7.08. The third-order valence-corrected chi connectivity index (χ3v) is 3.06. The Bertz CT molecular complexity index is 598. The number of hydrogen-bond acceptors (Lipinski definition) is 4. The first-order chi connectivity index (χ1) is 10.2. The highest BCUT2D eigenvalue weighted by atomic mass is 16.1. The Morgan fingerprint density at radius 2 is 2.14 bits per heavy atom. The molecule has 1 aromatic heterocycles. The number of carbonyl (C=O) groups is 1. The van der Waals surface area contributed by atoms with Gasteiger partial charge in [-0.15, -0.1) is 0 Å². The molecule has 0 radical (unpaired) electrons. The number of nitrogens with zero attached hydrogens (tertiary/aromatic N) is 2. The number of amides is 1. The Balaban J connectivity index is 2.07. The first kappa shape index (κ1) is 15.0. The summed E-state index contributed by atoms with van der Waals surface area (Å²) in [5.74, 6) is -0.104. The summed E-state index contributed by atoms with van der Waals surface area (Å²) in [5, 5.41) is 6.18. The largest absolute Gasteiger partial charge is 0.384 e. The van der Waals surface area contributed by atoms with Crippen LogP contribution in [0.4, 0.5) is 5.69 Å². The predicted molar refractivity (Wildman–Crippen MR) is 83.2 cm³/mol. The van der Waals surface area contributed by atoms with E-state index in [0.29, 0.717) is 12.1 Å². The highest BCUT2D eigenvalue weighted by molar-refractivity contribution is 5.99. The van der Waals surface area contributed by atoms with Crippen molar-refractivity contribution in [3.63, 3.8) is 0 Å². The molecule has 110 valence electrons. The van der Waals surface area contributed by atoms with Gasteiger partial charge in [0.05, 0.1) is 17.8 Å². The Kier molecular flexibility index (Phi) is 5.26. The van der Waals surface area contributed by atoms with E-state index in [0.717, 1.165) is 29.9 Å². The predicted octanol–water partition coefficient (Wildman–Crippen LogP) is 2.54. The van der Waals surface area contributed by atoms with E-state index < -0.39 is 0 Å². The molecule has 0 bridgehead atoms. The maximum Gasteiger partial charge on any atom is 0.253 e. The summed E-state index contributed by atoms with van der Waals surface area (Å²) in [6, 6.07) is 7.57. The molecule has 2 rings (SSSR count). The van der Waals surface area contributed by atoms with Crippen LogP contribution in [0.1, 0.15) is 35.0 Å². The number of rotatable bonds is 6. The van der Waals surface area contributed by atoms with Crippen molar-refractivity contribution < 1.29 is 4.79 Å². The molecule has 0 atom stereocenters. The highest BCUT2D eigenvalue weighted by Gasteiger charge is 2.11. The minimum absolute atomic E-state index is 0.104. The average molecular weight is 284 g/mol. The Labute approximate surface area is 124 Å².